The number of hydrogen-bond acceptors (Lipinski definition) is 11. The Balaban J connectivity index is 2.65. The number of ether oxygens (including phenoxy) is 5. The molecular weight excluding hydrogens is 949 g/mol. The summed E-state index contributed by atoms with van der Waals surface area (Å²) in [5.41, 5.74) is 0. The quantitative estimate of drug-likeness (QED) is 0.0228. The molecule has 0 amide bonds. The smallest absolute Gasteiger partial charge is 0.335 e. The van der Waals surface area contributed by atoms with E-state index >= 15 is 0 Å². The van der Waals surface area contributed by atoms with Gasteiger partial charge in [0.25, 0.3) is 0 Å². The number of aliphatic hydroxyl groups excluding tert-OH is 2. The minimum absolute atomic E-state index is 0.0658. The van der Waals surface area contributed by atoms with Crippen LogP contribution in [0.2, 0.25) is 0 Å². The van der Waals surface area contributed by atoms with Crippen molar-refractivity contribution in [2.24, 2.45) is 0 Å². The van der Waals surface area contributed by atoms with Crippen molar-refractivity contribution in [3.63, 3.8) is 0 Å². The molecule has 0 bridgehead atoms. The Kier molecular flexibility index (Phi) is 48.6. The van der Waals surface area contributed by atoms with Gasteiger partial charge in [0.05, 0.1) is 6.61 Å². The van der Waals surface area contributed by atoms with Gasteiger partial charge in [-0.15, -0.1) is 0 Å². The number of carbonyl (C=O) groups excluding carboxylic acids is 3. The lowest BCUT2D eigenvalue weighted by Gasteiger charge is -2.40. The first-order valence-electron chi connectivity index (χ1n) is 31.3. The van der Waals surface area contributed by atoms with Crippen molar-refractivity contribution in [2.45, 2.75) is 340 Å². The zero-order valence-corrected chi connectivity index (χ0v) is 48.3. The van der Waals surface area contributed by atoms with Crippen LogP contribution in [0.4, 0.5) is 0 Å². The predicted molar refractivity (Wildman–Crippen MR) is 303 cm³/mol. The van der Waals surface area contributed by atoms with Gasteiger partial charge in [-0.25, -0.2) is 4.79 Å². The number of hydrogen-bond donors (Lipinski definition) is 3. The van der Waals surface area contributed by atoms with E-state index in [1.54, 1.807) is 0 Å². The normalized spacial score (nSPS) is 18.2. The maximum atomic E-state index is 13.1. The Labute approximate surface area is 458 Å². The molecule has 438 valence electrons. The molecular formula is C63H114O12. The fourth-order valence-electron chi connectivity index (χ4n) is 9.70. The van der Waals surface area contributed by atoms with Crippen LogP contribution in [0.25, 0.3) is 0 Å². The molecule has 0 aromatic rings. The van der Waals surface area contributed by atoms with E-state index in [0.717, 1.165) is 89.9 Å². The minimum Gasteiger partial charge on any atom is -0.479 e. The molecule has 1 heterocycles. The van der Waals surface area contributed by atoms with E-state index in [-0.39, 0.29) is 25.9 Å². The van der Waals surface area contributed by atoms with E-state index in [2.05, 4.69) is 45.1 Å². The van der Waals surface area contributed by atoms with Crippen LogP contribution in [0.1, 0.15) is 303 Å². The van der Waals surface area contributed by atoms with Crippen LogP contribution in [-0.2, 0) is 42.9 Å². The number of carbonyl (C=O) groups is 4. The summed E-state index contributed by atoms with van der Waals surface area (Å²) in [7, 11) is 0. The van der Waals surface area contributed by atoms with Gasteiger partial charge in [0.2, 0.25) is 0 Å². The number of carboxylic acids is 1. The van der Waals surface area contributed by atoms with E-state index in [4.69, 9.17) is 23.7 Å². The lowest BCUT2D eigenvalue weighted by Crippen LogP contribution is -2.61. The van der Waals surface area contributed by atoms with Gasteiger partial charge >= 0.3 is 23.9 Å². The molecule has 6 atom stereocenters. The topological polar surface area (TPSA) is 175 Å². The summed E-state index contributed by atoms with van der Waals surface area (Å²) < 4.78 is 28.5. The minimum atomic E-state index is -1.90. The second-order valence-corrected chi connectivity index (χ2v) is 21.7. The van der Waals surface area contributed by atoms with Crippen LogP contribution in [0, 0.1) is 0 Å². The highest BCUT2D eigenvalue weighted by molar-refractivity contribution is 5.74. The summed E-state index contributed by atoms with van der Waals surface area (Å²) in [5.74, 6) is -3.10. The van der Waals surface area contributed by atoms with Crippen molar-refractivity contribution >= 4 is 23.9 Å². The van der Waals surface area contributed by atoms with Crippen LogP contribution in [0.3, 0.4) is 0 Å². The van der Waals surface area contributed by atoms with E-state index in [1.165, 1.54) is 154 Å². The Bertz CT molecular complexity index is 1400. The molecule has 75 heavy (non-hydrogen) atoms. The summed E-state index contributed by atoms with van der Waals surface area (Å²) in [6.07, 6.45) is 47.1. The van der Waals surface area contributed by atoms with E-state index in [9.17, 15) is 34.5 Å². The van der Waals surface area contributed by atoms with Crippen LogP contribution in [0.5, 0.6) is 0 Å². The molecule has 1 aliphatic rings. The fraction of sp³-hybridized carbons (Fsp3) is 0.873. The zero-order valence-electron chi connectivity index (χ0n) is 48.3. The van der Waals surface area contributed by atoms with Crippen molar-refractivity contribution in [2.75, 3.05) is 13.2 Å². The molecule has 0 aromatic heterocycles. The monoisotopic (exact) mass is 1060 g/mol. The van der Waals surface area contributed by atoms with Gasteiger partial charge in [-0.2, -0.15) is 0 Å². The van der Waals surface area contributed by atoms with Gasteiger partial charge in [-0.05, 0) is 44.9 Å². The highest BCUT2D eigenvalue weighted by Crippen LogP contribution is 2.27. The third-order valence-corrected chi connectivity index (χ3v) is 14.5. The summed E-state index contributed by atoms with van der Waals surface area (Å²) in [6, 6.07) is 0. The predicted octanol–water partition coefficient (Wildman–Crippen LogP) is 16.2. The van der Waals surface area contributed by atoms with E-state index in [1.807, 2.05) is 0 Å². The second-order valence-electron chi connectivity index (χ2n) is 21.7. The summed E-state index contributed by atoms with van der Waals surface area (Å²) in [4.78, 5) is 51.2. The summed E-state index contributed by atoms with van der Waals surface area (Å²) in [5, 5.41) is 31.5. The fourth-order valence-corrected chi connectivity index (χ4v) is 9.70. The van der Waals surface area contributed by atoms with Crippen molar-refractivity contribution in [1.29, 1.82) is 0 Å². The SMILES string of the molecule is CCC/C=C\C/C=C\CCCCCCCC(=O)OC(COC(=O)CCCCCCCCCCCCCCCCCCC)COC1OC(C(=O)O)C(O)C(O)C1OC(=O)CCCCCCCCCCCCCCCCC. The maximum Gasteiger partial charge on any atom is 0.335 e. The Morgan fingerprint density at radius 2 is 0.827 bits per heavy atom. The molecule has 1 aliphatic heterocycles. The zero-order chi connectivity index (χ0) is 54.7. The number of aliphatic carboxylic acids is 1. The molecule has 12 heteroatoms. The molecule has 0 spiro atoms. The number of unbranched alkanes of at least 4 members (excludes halogenated alkanes) is 36. The number of aliphatic hydroxyl groups is 2. The van der Waals surface area contributed by atoms with Crippen molar-refractivity contribution in [3.05, 3.63) is 24.3 Å². The van der Waals surface area contributed by atoms with Gasteiger partial charge in [0.15, 0.2) is 24.6 Å². The Morgan fingerprint density at radius 1 is 0.440 bits per heavy atom. The van der Waals surface area contributed by atoms with E-state index < -0.39 is 67.3 Å². The third kappa shape index (κ3) is 41.9. The van der Waals surface area contributed by atoms with Gasteiger partial charge in [0.1, 0.15) is 18.8 Å². The molecule has 6 unspecified atom stereocenters. The first-order chi connectivity index (χ1) is 36.6. The van der Waals surface area contributed by atoms with Crippen molar-refractivity contribution < 1.29 is 58.2 Å². The Hall–Kier alpha value is -2.80. The maximum absolute atomic E-state index is 13.1. The molecule has 1 fully saturated rings. The highest BCUT2D eigenvalue weighted by Gasteiger charge is 2.50. The largest absolute Gasteiger partial charge is 0.479 e. The molecule has 1 rings (SSSR count). The van der Waals surface area contributed by atoms with Crippen molar-refractivity contribution in [1.82, 2.24) is 0 Å². The number of carboxylic acid groups (broad SMARTS) is 1. The Morgan fingerprint density at radius 3 is 1.25 bits per heavy atom. The first kappa shape index (κ1) is 70.2. The molecule has 1 saturated heterocycles. The van der Waals surface area contributed by atoms with Crippen molar-refractivity contribution in [3.8, 4) is 0 Å². The standard InChI is InChI=1S/C63H114O12/c1-4-7-10-13-16-19-22-25-27-28-30-32-34-37-40-43-46-49-55(64)71-52-54(73-56(65)50-47-44-41-38-35-31-24-21-18-15-12-9-6-3)53-72-63-61(59(68)58(67)60(75-63)62(69)70)74-57(66)51-48-45-42-39-36-33-29-26-23-20-17-14-11-8-5-2/h12,15,21,24,54,58-61,63,67-68H,4-11,13-14,16-20,22-23,25-53H2,1-3H3,(H,69,70)/b15-12-,24-21-. The first-order valence-corrected chi connectivity index (χ1v) is 31.3. The number of allylic oxidation sites excluding steroid dienone is 4. The third-order valence-electron chi connectivity index (χ3n) is 14.5. The second kappa shape index (κ2) is 51.9. The molecule has 0 saturated carbocycles. The van der Waals surface area contributed by atoms with Crippen LogP contribution < -0.4 is 0 Å². The van der Waals surface area contributed by atoms with Crippen LogP contribution >= 0.6 is 0 Å². The van der Waals surface area contributed by atoms with E-state index in [0.29, 0.717) is 19.3 Å². The molecule has 3 N–H and O–H groups in total. The highest BCUT2D eigenvalue weighted by atomic mass is 16.7. The van der Waals surface area contributed by atoms with Gasteiger partial charge in [-0.1, -0.05) is 263 Å². The van der Waals surface area contributed by atoms with Gasteiger partial charge in [0, 0.05) is 19.3 Å². The molecule has 0 radical (unpaired) electrons. The number of rotatable bonds is 54. The molecule has 12 nitrogen and oxygen atoms in total. The summed E-state index contributed by atoms with van der Waals surface area (Å²) >= 11 is 0. The van der Waals surface area contributed by atoms with Crippen LogP contribution in [0.15, 0.2) is 24.3 Å². The number of esters is 3. The lowest BCUT2D eigenvalue weighted by molar-refractivity contribution is -0.301. The average Bonchev–Trinajstić information content (AvgIpc) is 3.39. The molecule has 0 aromatic carbocycles. The van der Waals surface area contributed by atoms with Gasteiger partial charge < -0.3 is 39.0 Å². The van der Waals surface area contributed by atoms with Crippen LogP contribution in [-0.4, -0.2) is 89.2 Å². The van der Waals surface area contributed by atoms with Gasteiger partial charge in [-0.3, -0.25) is 14.4 Å². The lowest BCUT2D eigenvalue weighted by atomic mass is 9.98. The summed E-state index contributed by atoms with van der Waals surface area (Å²) in [6.45, 7) is 5.96. The average molecular weight is 1060 g/mol. The molecule has 0 aliphatic carbocycles.